The highest BCUT2D eigenvalue weighted by Crippen LogP contribution is 2.45. The second-order valence-electron chi connectivity index (χ2n) is 9.53. The van der Waals surface area contributed by atoms with Crippen LogP contribution in [0.2, 0.25) is 0 Å². The van der Waals surface area contributed by atoms with E-state index in [0.717, 1.165) is 42.0 Å². The van der Waals surface area contributed by atoms with E-state index in [-0.39, 0.29) is 29.8 Å². The third-order valence-corrected chi connectivity index (χ3v) is 7.58. The quantitative estimate of drug-likeness (QED) is 0.557. The normalized spacial score (nSPS) is 22.7. The molecule has 2 aliphatic heterocycles. The molecule has 0 N–H and O–H groups in total. The van der Waals surface area contributed by atoms with Gasteiger partial charge in [-0.15, -0.1) is 11.3 Å². The molecule has 180 valence electrons. The molecule has 0 saturated carbocycles. The molecule has 3 heterocycles. The van der Waals surface area contributed by atoms with E-state index in [4.69, 9.17) is 14.2 Å². The third-order valence-electron chi connectivity index (χ3n) is 6.57. The van der Waals surface area contributed by atoms with Crippen LogP contribution in [-0.2, 0) is 9.47 Å². The maximum atomic E-state index is 13.2. The molecule has 2 fully saturated rings. The van der Waals surface area contributed by atoms with Gasteiger partial charge in [0.05, 0.1) is 33.8 Å². The van der Waals surface area contributed by atoms with Crippen molar-refractivity contribution in [1.29, 1.82) is 0 Å². The number of aryl methyl sites for hydroxylation is 2. The molecule has 1 spiro atoms. The van der Waals surface area contributed by atoms with E-state index in [1.807, 2.05) is 57.0 Å². The number of ether oxygens (including phenoxy) is 3. The molecule has 1 amide bonds. The van der Waals surface area contributed by atoms with E-state index in [2.05, 4.69) is 11.9 Å². The van der Waals surface area contributed by atoms with Crippen LogP contribution in [0.3, 0.4) is 0 Å². The Morgan fingerprint density at radius 2 is 2.06 bits per heavy atom. The van der Waals surface area contributed by atoms with E-state index in [1.165, 1.54) is 4.88 Å². The number of benzene rings is 1. The van der Waals surface area contributed by atoms with Crippen LogP contribution in [0.25, 0.3) is 0 Å². The monoisotopic (exact) mass is 472 g/mol. The van der Waals surface area contributed by atoms with Crippen LogP contribution in [0.4, 0.5) is 0 Å². The van der Waals surface area contributed by atoms with Gasteiger partial charge in [-0.3, -0.25) is 4.79 Å². The van der Waals surface area contributed by atoms with E-state index in [1.54, 1.807) is 11.3 Å². The summed E-state index contributed by atoms with van der Waals surface area (Å²) in [6.45, 7) is 12.2. The number of piperidine rings is 1. The molecule has 33 heavy (non-hydrogen) atoms. The van der Waals surface area contributed by atoms with Crippen LogP contribution in [0.15, 0.2) is 24.4 Å². The van der Waals surface area contributed by atoms with Crippen LogP contribution in [-0.4, -0.2) is 53.3 Å². The molecule has 0 radical (unpaired) electrons. The lowest BCUT2D eigenvalue weighted by atomic mass is 9.81. The molecule has 2 aliphatic rings. The number of amides is 1. The zero-order chi connectivity index (χ0) is 23.6. The Kier molecular flexibility index (Phi) is 7.41. The van der Waals surface area contributed by atoms with Crippen molar-refractivity contribution in [3.63, 3.8) is 0 Å². The van der Waals surface area contributed by atoms with Gasteiger partial charge in [-0.1, -0.05) is 0 Å². The molecular weight excluding hydrogens is 436 g/mol. The number of hydrogen-bond donors (Lipinski definition) is 0. The molecule has 0 aliphatic carbocycles. The second kappa shape index (κ2) is 10.1. The summed E-state index contributed by atoms with van der Waals surface area (Å²) in [6.07, 6.45) is 5.64. The van der Waals surface area contributed by atoms with Crippen molar-refractivity contribution in [3.05, 3.63) is 45.4 Å². The minimum Gasteiger partial charge on any atom is -0.491 e. The smallest absolute Gasteiger partial charge is 0.253 e. The number of carbonyl (C=O) groups excluding carboxylic acids is 1. The average Bonchev–Trinajstić information content (AvgIpc) is 3.21. The predicted molar refractivity (Wildman–Crippen MR) is 130 cm³/mol. The lowest BCUT2D eigenvalue weighted by Gasteiger charge is -2.48. The summed E-state index contributed by atoms with van der Waals surface area (Å²) in [6, 6.07) is 5.73. The maximum absolute atomic E-state index is 13.2. The molecule has 2 saturated heterocycles. The molecule has 2 atom stereocenters. The Labute approximate surface area is 201 Å². The van der Waals surface area contributed by atoms with Crippen LogP contribution < -0.4 is 4.74 Å². The Hall–Kier alpha value is -1.96. The van der Waals surface area contributed by atoms with Crippen LogP contribution in [0, 0.1) is 13.8 Å². The number of rotatable bonds is 6. The van der Waals surface area contributed by atoms with Crippen LogP contribution in [0.5, 0.6) is 5.75 Å². The third kappa shape index (κ3) is 5.58. The molecule has 0 unspecified atom stereocenters. The maximum Gasteiger partial charge on any atom is 0.253 e. The second-order valence-corrected chi connectivity index (χ2v) is 10.8. The summed E-state index contributed by atoms with van der Waals surface area (Å²) >= 11 is 1.70. The average molecular weight is 473 g/mol. The van der Waals surface area contributed by atoms with Gasteiger partial charge in [-0.05, 0) is 71.2 Å². The molecule has 2 aromatic rings. The minimum absolute atomic E-state index is 0.0138. The summed E-state index contributed by atoms with van der Waals surface area (Å²) in [4.78, 5) is 20.8. The first kappa shape index (κ1) is 24.2. The molecule has 0 bridgehead atoms. The SMILES string of the molecule is CCO[C@H]1C[C@@H](c2cnc(C)s2)OC2(CCN(C(=O)c3ccc(OC(C)C)c(C)c3)CC2)C1. The Balaban J connectivity index is 1.44. The highest BCUT2D eigenvalue weighted by molar-refractivity contribution is 7.11. The number of hydrogen-bond acceptors (Lipinski definition) is 6. The topological polar surface area (TPSA) is 60.9 Å². The fraction of sp³-hybridized carbons (Fsp3) is 0.615. The van der Waals surface area contributed by atoms with Crippen molar-refractivity contribution in [1.82, 2.24) is 9.88 Å². The Bertz CT molecular complexity index is 965. The van der Waals surface area contributed by atoms with Gasteiger partial charge in [0.2, 0.25) is 0 Å². The molecule has 7 heteroatoms. The Morgan fingerprint density at radius 3 is 2.67 bits per heavy atom. The minimum atomic E-state index is -0.248. The van der Waals surface area contributed by atoms with Crippen molar-refractivity contribution in [3.8, 4) is 5.75 Å². The van der Waals surface area contributed by atoms with Gasteiger partial charge in [-0.25, -0.2) is 4.98 Å². The summed E-state index contributed by atoms with van der Waals surface area (Å²) in [5.74, 6) is 0.914. The van der Waals surface area contributed by atoms with Gasteiger partial charge in [0, 0.05) is 44.3 Å². The molecule has 6 nitrogen and oxygen atoms in total. The summed E-state index contributed by atoms with van der Waals surface area (Å²) in [5.41, 5.74) is 1.46. The van der Waals surface area contributed by atoms with Crippen molar-refractivity contribution in [2.75, 3.05) is 19.7 Å². The molecule has 4 rings (SSSR count). The number of nitrogens with zero attached hydrogens (tertiary/aromatic N) is 2. The number of likely N-dealkylation sites (tertiary alicyclic amines) is 1. The van der Waals surface area contributed by atoms with Crippen LogP contribution in [0.1, 0.15) is 78.4 Å². The van der Waals surface area contributed by atoms with Crippen molar-refractivity contribution >= 4 is 17.2 Å². The molecule has 1 aromatic carbocycles. The van der Waals surface area contributed by atoms with Crippen LogP contribution >= 0.6 is 11.3 Å². The van der Waals surface area contributed by atoms with Gasteiger partial charge < -0.3 is 19.1 Å². The van der Waals surface area contributed by atoms with Crippen molar-refractivity contribution in [2.24, 2.45) is 0 Å². The summed E-state index contributed by atoms with van der Waals surface area (Å²) < 4.78 is 18.6. The van der Waals surface area contributed by atoms with Crippen molar-refractivity contribution in [2.45, 2.75) is 84.2 Å². The summed E-state index contributed by atoms with van der Waals surface area (Å²) in [7, 11) is 0. The lowest BCUT2D eigenvalue weighted by Crippen LogP contribution is -2.52. The fourth-order valence-corrected chi connectivity index (χ4v) is 5.82. The number of thiazole rings is 1. The standard InChI is InChI=1S/C26H36N2O4S/c1-6-30-21-14-23(24-16-27-19(5)33-24)32-26(15-21)9-11-28(12-10-26)25(29)20-7-8-22(18(4)13-20)31-17(2)3/h7-8,13,16-17,21,23H,6,9-12,14-15H2,1-5H3/t21-,23-/m0/s1. The van der Waals surface area contributed by atoms with Gasteiger partial charge >= 0.3 is 0 Å². The van der Waals surface area contributed by atoms with Crippen molar-refractivity contribution < 1.29 is 19.0 Å². The highest BCUT2D eigenvalue weighted by Gasteiger charge is 2.45. The molecular formula is C26H36N2O4S. The first-order valence-corrected chi connectivity index (χ1v) is 12.9. The fourth-order valence-electron chi connectivity index (χ4n) is 4.99. The number of carbonyl (C=O) groups is 1. The first-order chi connectivity index (χ1) is 15.8. The largest absolute Gasteiger partial charge is 0.491 e. The zero-order valence-electron chi connectivity index (χ0n) is 20.4. The Morgan fingerprint density at radius 1 is 1.30 bits per heavy atom. The zero-order valence-corrected chi connectivity index (χ0v) is 21.2. The molecule has 1 aromatic heterocycles. The van der Waals surface area contributed by atoms with Gasteiger partial charge in [-0.2, -0.15) is 0 Å². The van der Waals surface area contributed by atoms with Gasteiger partial charge in [0.15, 0.2) is 0 Å². The van der Waals surface area contributed by atoms with Gasteiger partial charge in [0.1, 0.15) is 5.75 Å². The van der Waals surface area contributed by atoms with E-state index in [9.17, 15) is 4.79 Å². The summed E-state index contributed by atoms with van der Waals surface area (Å²) in [5, 5.41) is 1.06. The van der Waals surface area contributed by atoms with E-state index >= 15 is 0 Å². The van der Waals surface area contributed by atoms with E-state index < -0.39 is 0 Å². The first-order valence-electron chi connectivity index (χ1n) is 12.1. The number of aromatic nitrogens is 1. The lowest BCUT2D eigenvalue weighted by molar-refractivity contribution is -0.189. The van der Waals surface area contributed by atoms with Gasteiger partial charge in [0.25, 0.3) is 5.91 Å². The highest BCUT2D eigenvalue weighted by atomic mass is 32.1. The van der Waals surface area contributed by atoms with E-state index in [0.29, 0.717) is 25.3 Å². The predicted octanol–water partition coefficient (Wildman–Crippen LogP) is 5.48.